The summed E-state index contributed by atoms with van der Waals surface area (Å²) >= 11 is 0. The summed E-state index contributed by atoms with van der Waals surface area (Å²) in [5, 5.41) is 14.0. The summed E-state index contributed by atoms with van der Waals surface area (Å²) in [7, 11) is 0. The molecule has 1 aliphatic heterocycles. The van der Waals surface area contributed by atoms with Gasteiger partial charge >= 0.3 is 0 Å². The Morgan fingerprint density at radius 1 is 1.24 bits per heavy atom. The lowest BCUT2D eigenvalue weighted by Gasteiger charge is -2.23. The van der Waals surface area contributed by atoms with Crippen LogP contribution >= 0.6 is 0 Å². The van der Waals surface area contributed by atoms with Gasteiger partial charge in [-0.25, -0.2) is 14.4 Å². The fourth-order valence-corrected chi connectivity index (χ4v) is 2.93. The minimum Gasteiger partial charge on any atom is -0.491 e. The van der Waals surface area contributed by atoms with Crippen LogP contribution in [0.4, 0.5) is 10.3 Å². The Morgan fingerprint density at radius 3 is 2.72 bits per heavy atom. The molecule has 1 fully saturated rings. The van der Waals surface area contributed by atoms with Crippen molar-refractivity contribution in [3.8, 4) is 5.75 Å². The first-order valence-corrected chi connectivity index (χ1v) is 8.41. The van der Waals surface area contributed by atoms with Crippen LogP contribution in [0.3, 0.4) is 0 Å². The highest BCUT2D eigenvalue weighted by molar-refractivity contribution is 5.32. The van der Waals surface area contributed by atoms with Crippen LogP contribution < -0.4 is 15.0 Å². The predicted molar refractivity (Wildman–Crippen MR) is 93.4 cm³/mol. The number of aliphatic hydroxyl groups is 1. The van der Waals surface area contributed by atoms with Crippen LogP contribution in [0.15, 0.2) is 42.7 Å². The molecular weight excluding hydrogens is 323 g/mol. The van der Waals surface area contributed by atoms with Gasteiger partial charge in [0.25, 0.3) is 0 Å². The Kier molecular flexibility index (Phi) is 5.78. The van der Waals surface area contributed by atoms with Crippen LogP contribution in [-0.4, -0.2) is 53.6 Å². The van der Waals surface area contributed by atoms with Gasteiger partial charge < -0.3 is 20.1 Å². The Labute approximate surface area is 146 Å². The monoisotopic (exact) mass is 346 g/mol. The van der Waals surface area contributed by atoms with Crippen molar-refractivity contribution in [3.63, 3.8) is 0 Å². The molecule has 2 heterocycles. The molecule has 0 amide bonds. The normalized spacial score (nSPS) is 20.0. The Bertz CT molecular complexity index is 656. The molecule has 1 aromatic heterocycles. The zero-order valence-corrected chi connectivity index (χ0v) is 14.1. The predicted octanol–water partition coefficient (Wildman–Crippen LogP) is 1.56. The molecule has 1 aliphatic rings. The second-order valence-electron chi connectivity index (χ2n) is 6.23. The van der Waals surface area contributed by atoms with Crippen molar-refractivity contribution in [1.82, 2.24) is 15.3 Å². The maximum atomic E-state index is 12.1. The number of benzene rings is 1. The van der Waals surface area contributed by atoms with Crippen LogP contribution in [0.2, 0.25) is 0 Å². The topological polar surface area (TPSA) is 70.5 Å². The number of β-amino-alcohol motifs (C(OH)–C–C–N with tert-alkyl or cyclic N) is 1. The van der Waals surface area contributed by atoms with E-state index in [9.17, 15) is 9.50 Å². The number of halogens is 1. The largest absolute Gasteiger partial charge is 0.491 e. The van der Waals surface area contributed by atoms with Crippen molar-refractivity contribution in [2.24, 2.45) is 0 Å². The van der Waals surface area contributed by atoms with E-state index in [0.29, 0.717) is 37.8 Å². The van der Waals surface area contributed by atoms with Crippen molar-refractivity contribution < 1.29 is 14.2 Å². The van der Waals surface area contributed by atoms with Crippen molar-refractivity contribution in [2.45, 2.75) is 18.6 Å². The molecule has 7 heteroatoms. The van der Waals surface area contributed by atoms with Crippen LogP contribution in [0.5, 0.6) is 5.75 Å². The average molecular weight is 346 g/mol. The minimum atomic E-state index is -0.788. The van der Waals surface area contributed by atoms with Gasteiger partial charge in [-0.15, -0.1) is 0 Å². The number of hydrogen-bond donors (Lipinski definition) is 2. The van der Waals surface area contributed by atoms with Crippen LogP contribution in [0, 0.1) is 0 Å². The van der Waals surface area contributed by atoms with Crippen LogP contribution in [-0.2, 0) is 6.54 Å². The molecule has 6 nitrogen and oxygen atoms in total. The van der Waals surface area contributed by atoms with Crippen LogP contribution in [0.25, 0.3) is 0 Å². The van der Waals surface area contributed by atoms with Gasteiger partial charge in [0.2, 0.25) is 5.95 Å². The van der Waals surface area contributed by atoms with E-state index >= 15 is 0 Å². The quantitative estimate of drug-likeness (QED) is 0.756. The maximum Gasteiger partial charge on any atom is 0.225 e. The van der Waals surface area contributed by atoms with Gasteiger partial charge in [0.05, 0.1) is 12.1 Å². The molecule has 25 heavy (non-hydrogen) atoms. The van der Waals surface area contributed by atoms with E-state index in [1.54, 1.807) is 18.5 Å². The Morgan fingerprint density at radius 2 is 2.00 bits per heavy atom. The summed E-state index contributed by atoms with van der Waals surface area (Å²) in [4.78, 5) is 10.5. The molecule has 2 aromatic rings. The van der Waals surface area contributed by atoms with Gasteiger partial charge in [0, 0.05) is 32.0 Å². The number of nitrogens with zero attached hydrogens (tertiary/aromatic N) is 3. The van der Waals surface area contributed by atoms with Gasteiger partial charge in [0.1, 0.15) is 19.0 Å². The van der Waals surface area contributed by atoms with Gasteiger partial charge in [-0.05, 0) is 30.2 Å². The third-order valence-corrected chi connectivity index (χ3v) is 4.22. The number of ether oxygens (including phenoxy) is 1. The standard InChI is InChI=1S/C18H23FN4O2/c19-7-11-25-16-4-2-15(3-5-16)12-20-13-18(24)6-10-23(14-18)17-21-8-1-9-22-17/h1-5,8-9,20,24H,6-7,10-14H2/t18-/m1/s1. The summed E-state index contributed by atoms with van der Waals surface area (Å²) < 4.78 is 17.3. The second kappa shape index (κ2) is 8.22. The van der Waals surface area contributed by atoms with E-state index < -0.39 is 12.3 Å². The third kappa shape index (κ3) is 4.87. The van der Waals surface area contributed by atoms with Crippen LogP contribution in [0.1, 0.15) is 12.0 Å². The van der Waals surface area contributed by atoms with E-state index in [-0.39, 0.29) is 6.61 Å². The smallest absolute Gasteiger partial charge is 0.225 e. The maximum absolute atomic E-state index is 12.1. The lowest BCUT2D eigenvalue weighted by molar-refractivity contribution is 0.0626. The van der Waals surface area contributed by atoms with E-state index in [0.717, 1.165) is 12.1 Å². The molecule has 1 aromatic carbocycles. The Hall–Kier alpha value is -2.25. The van der Waals surface area contributed by atoms with E-state index in [1.165, 1.54) is 0 Å². The van der Waals surface area contributed by atoms with Crippen molar-refractivity contribution in [1.29, 1.82) is 0 Å². The fourth-order valence-electron chi connectivity index (χ4n) is 2.93. The number of aromatic nitrogens is 2. The number of nitrogens with one attached hydrogen (secondary N) is 1. The van der Waals surface area contributed by atoms with Gasteiger partial charge in [-0.3, -0.25) is 0 Å². The molecule has 0 unspecified atom stereocenters. The average Bonchev–Trinajstić information content (AvgIpc) is 3.04. The third-order valence-electron chi connectivity index (χ3n) is 4.22. The fraction of sp³-hybridized carbons (Fsp3) is 0.444. The highest BCUT2D eigenvalue weighted by Crippen LogP contribution is 2.23. The van der Waals surface area contributed by atoms with Gasteiger partial charge in [0.15, 0.2) is 0 Å². The zero-order chi connectivity index (χ0) is 17.5. The molecule has 1 saturated heterocycles. The molecule has 0 spiro atoms. The molecule has 0 radical (unpaired) electrons. The highest BCUT2D eigenvalue weighted by atomic mass is 19.1. The molecule has 1 atom stereocenters. The first-order chi connectivity index (χ1) is 12.2. The minimum absolute atomic E-state index is 0.0757. The molecule has 2 N–H and O–H groups in total. The molecule has 134 valence electrons. The van der Waals surface area contributed by atoms with Crippen molar-refractivity contribution in [2.75, 3.05) is 37.8 Å². The van der Waals surface area contributed by atoms with Crippen molar-refractivity contribution in [3.05, 3.63) is 48.3 Å². The number of hydrogen-bond acceptors (Lipinski definition) is 6. The summed E-state index contributed by atoms with van der Waals surface area (Å²) in [6.45, 7) is 1.98. The molecule has 0 saturated carbocycles. The summed E-state index contributed by atoms with van der Waals surface area (Å²) in [6, 6.07) is 9.30. The second-order valence-corrected chi connectivity index (χ2v) is 6.23. The number of anilines is 1. The molecule has 0 bridgehead atoms. The van der Waals surface area contributed by atoms with Gasteiger partial charge in [-0.2, -0.15) is 0 Å². The first-order valence-electron chi connectivity index (χ1n) is 8.41. The van der Waals surface area contributed by atoms with E-state index in [1.807, 2.05) is 29.2 Å². The number of alkyl halides is 1. The molecule has 3 rings (SSSR count). The van der Waals surface area contributed by atoms with E-state index in [4.69, 9.17) is 4.74 Å². The summed E-state index contributed by atoms with van der Waals surface area (Å²) in [6.07, 6.45) is 4.09. The molecule has 0 aliphatic carbocycles. The Balaban J connectivity index is 1.45. The first kappa shape index (κ1) is 17.6. The summed E-state index contributed by atoms with van der Waals surface area (Å²) in [5.74, 6) is 1.32. The summed E-state index contributed by atoms with van der Waals surface area (Å²) in [5.41, 5.74) is 0.293. The lowest BCUT2D eigenvalue weighted by Crippen LogP contribution is -2.43. The zero-order valence-electron chi connectivity index (χ0n) is 14.1. The van der Waals surface area contributed by atoms with E-state index in [2.05, 4.69) is 15.3 Å². The van der Waals surface area contributed by atoms with Crippen molar-refractivity contribution >= 4 is 5.95 Å². The molecular formula is C18H23FN4O2. The SMILES string of the molecule is O[C@@]1(CNCc2ccc(OCCF)cc2)CCN(c2ncccn2)C1. The lowest BCUT2D eigenvalue weighted by atomic mass is 10.0. The highest BCUT2D eigenvalue weighted by Gasteiger charge is 2.36. The van der Waals surface area contributed by atoms with Gasteiger partial charge in [-0.1, -0.05) is 12.1 Å². The number of rotatable bonds is 8.